The number of β-amino-alcohol motifs (C(OH)–C–C–N with tert-alkyl or cyclic N) is 1. The highest BCUT2D eigenvalue weighted by molar-refractivity contribution is 5.83. The number of nitrogens with zero attached hydrogens (tertiary/aromatic N) is 2. The number of carbonyl (C=O) groups is 2. The summed E-state index contributed by atoms with van der Waals surface area (Å²) in [5, 5.41) is 18.9. The molecule has 1 saturated heterocycles. The molecule has 0 radical (unpaired) electrons. The Balaban J connectivity index is 2.89. The molecule has 0 aromatic rings. The second kappa shape index (κ2) is 8.19. The van der Waals surface area contributed by atoms with Gasteiger partial charge in [-0.05, 0) is 12.8 Å². The molecular weight excluding hydrogens is 276 g/mol. The molecule has 122 valence electrons. The number of amides is 2. The number of carbonyl (C=O) groups excluding carboxylic acids is 1. The number of aliphatic hydroxyl groups is 1. The van der Waals surface area contributed by atoms with Gasteiger partial charge in [-0.1, -0.05) is 13.8 Å². The SMILES string of the molecule is CCC(CC)N(CCOC)C(=O)N1CC(O)CC1C(=O)O. The van der Waals surface area contributed by atoms with Gasteiger partial charge in [0.05, 0.1) is 12.7 Å². The second-order valence-corrected chi connectivity index (χ2v) is 5.34. The van der Waals surface area contributed by atoms with Crippen LogP contribution >= 0.6 is 0 Å². The smallest absolute Gasteiger partial charge is 0.326 e. The third-order valence-electron chi connectivity index (χ3n) is 3.98. The van der Waals surface area contributed by atoms with Gasteiger partial charge in [0.2, 0.25) is 0 Å². The molecule has 0 saturated carbocycles. The first-order valence-corrected chi connectivity index (χ1v) is 7.43. The first-order chi connectivity index (χ1) is 9.96. The van der Waals surface area contributed by atoms with Crippen LogP contribution in [0.15, 0.2) is 0 Å². The van der Waals surface area contributed by atoms with E-state index in [1.165, 1.54) is 4.90 Å². The van der Waals surface area contributed by atoms with Crippen molar-refractivity contribution in [2.75, 3.05) is 26.8 Å². The zero-order valence-electron chi connectivity index (χ0n) is 13.0. The van der Waals surface area contributed by atoms with Crippen LogP contribution in [0.1, 0.15) is 33.1 Å². The van der Waals surface area contributed by atoms with Crippen LogP contribution < -0.4 is 0 Å². The van der Waals surface area contributed by atoms with E-state index in [0.717, 1.165) is 12.8 Å². The molecular formula is C14H26N2O5. The fourth-order valence-electron chi connectivity index (χ4n) is 2.78. The Kier molecular flexibility index (Phi) is 6.91. The van der Waals surface area contributed by atoms with Crippen molar-refractivity contribution in [1.82, 2.24) is 9.80 Å². The van der Waals surface area contributed by atoms with Gasteiger partial charge < -0.3 is 24.7 Å². The van der Waals surface area contributed by atoms with Crippen LogP contribution in [0.3, 0.4) is 0 Å². The van der Waals surface area contributed by atoms with Gasteiger partial charge in [-0.2, -0.15) is 0 Å². The minimum absolute atomic E-state index is 0.0415. The molecule has 0 aromatic carbocycles. The summed E-state index contributed by atoms with van der Waals surface area (Å²) in [7, 11) is 1.56. The van der Waals surface area contributed by atoms with Gasteiger partial charge in [-0.25, -0.2) is 9.59 Å². The first kappa shape index (κ1) is 17.7. The lowest BCUT2D eigenvalue weighted by Crippen LogP contribution is -2.52. The minimum atomic E-state index is -1.07. The Morgan fingerprint density at radius 3 is 2.48 bits per heavy atom. The fraction of sp³-hybridized carbons (Fsp3) is 0.857. The number of hydrogen-bond acceptors (Lipinski definition) is 4. The molecule has 1 aliphatic rings. The van der Waals surface area contributed by atoms with Gasteiger partial charge in [0.15, 0.2) is 0 Å². The molecule has 21 heavy (non-hydrogen) atoms. The lowest BCUT2D eigenvalue weighted by molar-refractivity contribution is -0.141. The predicted molar refractivity (Wildman–Crippen MR) is 77.1 cm³/mol. The normalized spacial score (nSPS) is 21.9. The number of aliphatic hydroxyl groups excluding tert-OH is 1. The lowest BCUT2D eigenvalue weighted by Gasteiger charge is -2.35. The molecule has 2 atom stereocenters. The topological polar surface area (TPSA) is 90.3 Å². The summed E-state index contributed by atoms with van der Waals surface area (Å²) in [4.78, 5) is 26.9. The van der Waals surface area contributed by atoms with E-state index in [1.807, 2.05) is 13.8 Å². The van der Waals surface area contributed by atoms with E-state index in [1.54, 1.807) is 12.0 Å². The highest BCUT2D eigenvalue weighted by Crippen LogP contribution is 2.22. The number of likely N-dealkylation sites (tertiary alicyclic amines) is 1. The number of ether oxygens (including phenoxy) is 1. The molecule has 0 aromatic heterocycles. The minimum Gasteiger partial charge on any atom is -0.480 e. The molecule has 7 heteroatoms. The van der Waals surface area contributed by atoms with Gasteiger partial charge in [0, 0.05) is 32.7 Å². The van der Waals surface area contributed by atoms with Crippen molar-refractivity contribution in [1.29, 1.82) is 0 Å². The molecule has 2 amide bonds. The van der Waals surface area contributed by atoms with E-state index in [4.69, 9.17) is 4.74 Å². The molecule has 2 unspecified atom stereocenters. The number of carboxylic acid groups (broad SMARTS) is 1. The van der Waals surface area contributed by atoms with Crippen LogP contribution in [0, 0.1) is 0 Å². The largest absolute Gasteiger partial charge is 0.480 e. The quantitative estimate of drug-likeness (QED) is 0.724. The van der Waals surface area contributed by atoms with Crippen LogP contribution in [0.5, 0.6) is 0 Å². The van der Waals surface area contributed by atoms with Crippen molar-refractivity contribution in [3.63, 3.8) is 0 Å². The summed E-state index contributed by atoms with van der Waals surface area (Å²) < 4.78 is 5.04. The molecule has 0 bridgehead atoms. The highest BCUT2D eigenvalue weighted by Gasteiger charge is 2.41. The third-order valence-corrected chi connectivity index (χ3v) is 3.98. The van der Waals surface area contributed by atoms with E-state index < -0.39 is 18.1 Å². The maximum atomic E-state index is 12.7. The Bertz CT molecular complexity index is 359. The summed E-state index contributed by atoms with van der Waals surface area (Å²) >= 11 is 0. The van der Waals surface area contributed by atoms with Crippen LogP contribution in [0.25, 0.3) is 0 Å². The van der Waals surface area contributed by atoms with Crippen molar-refractivity contribution in [2.24, 2.45) is 0 Å². The van der Waals surface area contributed by atoms with Gasteiger partial charge in [0.25, 0.3) is 0 Å². The van der Waals surface area contributed by atoms with Crippen LogP contribution in [0.2, 0.25) is 0 Å². The fourth-order valence-corrected chi connectivity index (χ4v) is 2.78. The Labute approximate surface area is 125 Å². The monoisotopic (exact) mass is 302 g/mol. The van der Waals surface area contributed by atoms with E-state index >= 15 is 0 Å². The molecule has 2 N–H and O–H groups in total. The molecule has 7 nitrogen and oxygen atoms in total. The Hall–Kier alpha value is -1.34. The van der Waals surface area contributed by atoms with E-state index in [2.05, 4.69) is 0 Å². The maximum Gasteiger partial charge on any atom is 0.326 e. The van der Waals surface area contributed by atoms with Gasteiger partial charge in [-0.15, -0.1) is 0 Å². The molecule has 1 rings (SSSR count). The second-order valence-electron chi connectivity index (χ2n) is 5.34. The number of carboxylic acids is 1. The van der Waals surface area contributed by atoms with Crippen molar-refractivity contribution in [3.8, 4) is 0 Å². The van der Waals surface area contributed by atoms with Crippen molar-refractivity contribution >= 4 is 12.0 Å². The highest BCUT2D eigenvalue weighted by atomic mass is 16.5. The van der Waals surface area contributed by atoms with Crippen LogP contribution in [0.4, 0.5) is 4.79 Å². The van der Waals surface area contributed by atoms with Gasteiger partial charge in [-0.3, -0.25) is 0 Å². The van der Waals surface area contributed by atoms with E-state index in [-0.39, 0.29) is 25.0 Å². The van der Waals surface area contributed by atoms with E-state index in [9.17, 15) is 19.8 Å². The molecule has 1 aliphatic heterocycles. The first-order valence-electron chi connectivity index (χ1n) is 7.43. The van der Waals surface area contributed by atoms with E-state index in [0.29, 0.717) is 13.2 Å². The number of urea groups is 1. The number of hydrogen-bond donors (Lipinski definition) is 2. The number of aliphatic carboxylic acids is 1. The van der Waals surface area contributed by atoms with Crippen molar-refractivity contribution in [3.05, 3.63) is 0 Å². The molecule has 0 aliphatic carbocycles. The Morgan fingerprint density at radius 2 is 2.00 bits per heavy atom. The van der Waals surface area contributed by atoms with Crippen LogP contribution in [-0.2, 0) is 9.53 Å². The molecule has 1 fully saturated rings. The van der Waals surface area contributed by atoms with Crippen LogP contribution in [-0.4, -0.2) is 77.0 Å². The van der Waals surface area contributed by atoms with Crippen molar-refractivity contribution < 1.29 is 24.5 Å². The average molecular weight is 302 g/mol. The Morgan fingerprint density at radius 1 is 1.38 bits per heavy atom. The summed E-state index contributed by atoms with van der Waals surface area (Å²) in [6.45, 7) is 4.87. The zero-order valence-corrected chi connectivity index (χ0v) is 13.0. The molecule has 0 spiro atoms. The summed E-state index contributed by atoms with van der Waals surface area (Å²) in [5.41, 5.74) is 0. The van der Waals surface area contributed by atoms with Gasteiger partial charge in [0.1, 0.15) is 6.04 Å². The standard InChI is InChI=1S/C14H26N2O5/c1-4-10(5-2)15(6-7-21-3)14(20)16-9-11(17)8-12(16)13(18)19/h10-12,17H,4-9H2,1-3H3,(H,18,19). The predicted octanol–water partition coefficient (Wildman–Crippen LogP) is 0.763. The third kappa shape index (κ3) is 4.31. The zero-order chi connectivity index (χ0) is 16.0. The molecule has 1 heterocycles. The maximum absolute atomic E-state index is 12.7. The summed E-state index contributed by atoms with van der Waals surface area (Å²) in [6.07, 6.45) is 0.892. The summed E-state index contributed by atoms with van der Waals surface area (Å²) in [6, 6.07) is -1.24. The van der Waals surface area contributed by atoms with Crippen molar-refractivity contribution in [2.45, 2.75) is 51.3 Å². The summed E-state index contributed by atoms with van der Waals surface area (Å²) in [5.74, 6) is -1.07. The number of rotatable bonds is 7. The number of methoxy groups -OCH3 is 1. The average Bonchev–Trinajstić information content (AvgIpc) is 2.85. The lowest BCUT2D eigenvalue weighted by atomic mass is 10.1. The van der Waals surface area contributed by atoms with Gasteiger partial charge >= 0.3 is 12.0 Å².